The van der Waals surface area contributed by atoms with Gasteiger partial charge in [0.05, 0.1) is 6.26 Å². The highest BCUT2D eigenvalue weighted by Crippen LogP contribution is 2.18. The molecule has 1 N–H and O–H groups in total. The third-order valence-electron chi connectivity index (χ3n) is 2.31. The Morgan fingerprint density at radius 2 is 2.00 bits per heavy atom. The first-order valence-electron chi connectivity index (χ1n) is 5.13. The van der Waals surface area contributed by atoms with Crippen LogP contribution in [0.2, 0.25) is 0 Å². The minimum absolute atomic E-state index is 0.147. The first kappa shape index (κ1) is 12.9. The Hall–Kier alpha value is -1.13. The Kier molecular flexibility index (Phi) is 4.71. The van der Waals surface area contributed by atoms with Gasteiger partial charge in [-0.15, -0.1) is 6.58 Å². The summed E-state index contributed by atoms with van der Waals surface area (Å²) in [6.07, 6.45) is 3.73. The molecule has 0 radical (unpaired) electrons. The lowest BCUT2D eigenvalue weighted by atomic mass is 9.96. The van der Waals surface area contributed by atoms with Crippen molar-refractivity contribution in [1.29, 1.82) is 0 Å². The summed E-state index contributed by atoms with van der Waals surface area (Å²) in [4.78, 5) is 0. The molecule has 3 nitrogen and oxygen atoms in total. The van der Waals surface area contributed by atoms with Crippen LogP contribution in [0.15, 0.2) is 43.0 Å². The standard InChI is InChI=1S/C12H17NO2S/c1-3-7-12(10-13-16(2,14)15)11-8-5-4-6-9-11/h3-6,8-9,12-13H,1,7,10H2,2H3/t12-/m1/s1. The predicted octanol–water partition coefficient (Wildman–Crippen LogP) is 1.90. The van der Waals surface area contributed by atoms with Crippen molar-refractivity contribution in [3.63, 3.8) is 0 Å². The van der Waals surface area contributed by atoms with Crippen molar-refractivity contribution in [2.75, 3.05) is 12.8 Å². The second kappa shape index (κ2) is 5.82. The summed E-state index contributed by atoms with van der Waals surface area (Å²) in [7, 11) is -3.13. The fraction of sp³-hybridized carbons (Fsp3) is 0.333. The monoisotopic (exact) mass is 239 g/mol. The van der Waals surface area contributed by atoms with E-state index in [-0.39, 0.29) is 5.92 Å². The van der Waals surface area contributed by atoms with Gasteiger partial charge in [0.25, 0.3) is 0 Å². The molecule has 1 aromatic rings. The Bertz CT molecular complexity index is 426. The summed E-state index contributed by atoms with van der Waals surface area (Å²) in [5.74, 6) is 0.147. The van der Waals surface area contributed by atoms with Gasteiger partial charge in [-0.1, -0.05) is 36.4 Å². The lowest BCUT2D eigenvalue weighted by Gasteiger charge is -2.15. The molecule has 0 spiro atoms. The van der Waals surface area contributed by atoms with Gasteiger partial charge < -0.3 is 0 Å². The van der Waals surface area contributed by atoms with E-state index in [0.717, 1.165) is 12.0 Å². The molecule has 4 heteroatoms. The number of rotatable bonds is 6. The zero-order valence-corrected chi connectivity index (χ0v) is 10.2. The smallest absolute Gasteiger partial charge is 0.208 e. The van der Waals surface area contributed by atoms with Gasteiger partial charge in [0.15, 0.2) is 0 Å². The minimum atomic E-state index is -3.13. The van der Waals surface area contributed by atoms with Crippen molar-refractivity contribution in [1.82, 2.24) is 4.72 Å². The zero-order valence-electron chi connectivity index (χ0n) is 9.39. The molecule has 0 aliphatic heterocycles. The van der Waals surface area contributed by atoms with Crippen LogP contribution in [0.1, 0.15) is 17.9 Å². The lowest BCUT2D eigenvalue weighted by Crippen LogP contribution is -2.27. The highest BCUT2D eigenvalue weighted by molar-refractivity contribution is 7.88. The van der Waals surface area contributed by atoms with Gasteiger partial charge >= 0.3 is 0 Å². The normalized spacial score (nSPS) is 13.3. The van der Waals surface area contributed by atoms with E-state index in [9.17, 15) is 8.42 Å². The molecule has 88 valence electrons. The van der Waals surface area contributed by atoms with E-state index < -0.39 is 10.0 Å². The van der Waals surface area contributed by atoms with E-state index in [2.05, 4.69) is 11.3 Å². The van der Waals surface area contributed by atoms with Crippen molar-refractivity contribution in [2.45, 2.75) is 12.3 Å². The molecule has 0 fully saturated rings. The largest absolute Gasteiger partial charge is 0.215 e. The molecule has 0 aliphatic rings. The maximum Gasteiger partial charge on any atom is 0.208 e. The number of nitrogens with one attached hydrogen (secondary N) is 1. The SMILES string of the molecule is C=CC[C@H](CNS(C)(=O)=O)c1ccccc1. The molecule has 1 rings (SSSR count). The predicted molar refractivity (Wildman–Crippen MR) is 66.8 cm³/mol. The maximum atomic E-state index is 11.0. The molecular formula is C12H17NO2S. The summed E-state index contributed by atoms with van der Waals surface area (Å²) >= 11 is 0. The van der Waals surface area contributed by atoms with Crippen LogP contribution in [0.5, 0.6) is 0 Å². The number of sulfonamides is 1. The molecule has 0 saturated heterocycles. The molecule has 1 aromatic carbocycles. The Morgan fingerprint density at radius 3 is 2.50 bits per heavy atom. The van der Waals surface area contributed by atoms with Crippen LogP contribution in [0, 0.1) is 0 Å². The number of hydrogen-bond donors (Lipinski definition) is 1. The zero-order chi connectivity index (χ0) is 12.0. The van der Waals surface area contributed by atoms with Crippen LogP contribution in [0.3, 0.4) is 0 Å². The molecule has 0 amide bonds. The molecule has 0 heterocycles. The van der Waals surface area contributed by atoms with Crippen molar-refractivity contribution in [2.24, 2.45) is 0 Å². The molecule has 0 unspecified atom stereocenters. The Labute approximate surface area is 97.2 Å². The van der Waals surface area contributed by atoms with Crippen molar-refractivity contribution in [3.05, 3.63) is 48.6 Å². The van der Waals surface area contributed by atoms with Crippen molar-refractivity contribution < 1.29 is 8.42 Å². The molecule has 1 atom stereocenters. The molecule has 0 aromatic heterocycles. The fourth-order valence-electron chi connectivity index (χ4n) is 1.52. The summed E-state index contributed by atoms with van der Waals surface area (Å²) in [6, 6.07) is 9.84. The van der Waals surface area contributed by atoms with Gasteiger partial charge in [-0.2, -0.15) is 0 Å². The maximum absolute atomic E-state index is 11.0. The average Bonchev–Trinajstić information content (AvgIpc) is 2.24. The molecule has 0 aliphatic carbocycles. The Balaban J connectivity index is 2.72. The minimum Gasteiger partial charge on any atom is -0.215 e. The van der Waals surface area contributed by atoms with Crippen molar-refractivity contribution >= 4 is 10.0 Å². The first-order valence-corrected chi connectivity index (χ1v) is 7.02. The molecule has 0 saturated carbocycles. The van der Waals surface area contributed by atoms with Crippen LogP contribution in [-0.4, -0.2) is 21.2 Å². The lowest BCUT2D eigenvalue weighted by molar-refractivity contribution is 0.576. The van der Waals surface area contributed by atoms with Gasteiger partial charge in [0.2, 0.25) is 10.0 Å². The number of allylic oxidation sites excluding steroid dienone is 1. The summed E-state index contributed by atoms with van der Waals surface area (Å²) in [5, 5.41) is 0. The quantitative estimate of drug-likeness (QED) is 0.771. The highest BCUT2D eigenvalue weighted by Gasteiger charge is 2.11. The van der Waals surface area contributed by atoms with Gasteiger partial charge in [0.1, 0.15) is 0 Å². The molecular weight excluding hydrogens is 222 g/mol. The van der Waals surface area contributed by atoms with E-state index in [1.807, 2.05) is 36.4 Å². The van der Waals surface area contributed by atoms with E-state index in [0.29, 0.717) is 6.54 Å². The van der Waals surface area contributed by atoms with Crippen LogP contribution in [0.4, 0.5) is 0 Å². The number of hydrogen-bond acceptors (Lipinski definition) is 2. The second-order valence-corrected chi connectivity index (χ2v) is 5.59. The third kappa shape index (κ3) is 4.59. The van der Waals surface area contributed by atoms with E-state index in [4.69, 9.17) is 0 Å². The van der Waals surface area contributed by atoms with Gasteiger partial charge in [-0.3, -0.25) is 0 Å². The van der Waals surface area contributed by atoms with Crippen LogP contribution in [0.25, 0.3) is 0 Å². The summed E-state index contributed by atoms with van der Waals surface area (Å²) in [6.45, 7) is 4.10. The summed E-state index contributed by atoms with van der Waals surface area (Å²) < 4.78 is 24.6. The molecule has 0 bridgehead atoms. The van der Waals surface area contributed by atoms with Gasteiger partial charge in [0, 0.05) is 12.5 Å². The van der Waals surface area contributed by atoms with Crippen LogP contribution in [-0.2, 0) is 10.0 Å². The molecule has 16 heavy (non-hydrogen) atoms. The Morgan fingerprint density at radius 1 is 1.38 bits per heavy atom. The number of benzene rings is 1. The van der Waals surface area contributed by atoms with Gasteiger partial charge in [-0.05, 0) is 12.0 Å². The average molecular weight is 239 g/mol. The van der Waals surface area contributed by atoms with Gasteiger partial charge in [-0.25, -0.2) is 13.1 Å². The van der Waals surface area contributed by atoms with E-state index >= 15 is 0 Å². The van der Waals surface area contributed by atoms with Crippen LogP contribution < -0.4 is 4.72 Å². The fourth-order valence-corrected chi connectivity index (χ4v) is 2.02. The third-order valence-corrected chi connectivity index (χ3v) is 3.01. The van der Waals surface area contributed by atoms with Crippen LogP contribution >= 0.6 is 0 Å². The van der Waals surface area contributed by atoms with Crippen molar-refractivity contribution in [3.8, 4) is 0 Å². The first-order chi connectivity index (χ1) is 7.53. The summed E-state index contributed by atoms with van der Waals surface area (Å²) in [5.41, 5.74) is 1.12. The van der Waals surface area contributed by atoms with E-state index in [1.165, 1.54) is 6.26 Å². The highest BCUT2D eigenvalue weighted by atomic mass is 32.2. The van der Waals surface area contributed by atoms with E-state index in [1.54, 1.807) is 0 Å². The topological polar surface area (TPSA) is 46.2 Å². The second-order valence-electron chi connectivity index (χ2n) is 3.75.